The molecule has 0 saturated heterocycles. The zero-order valence-electron chi connectivity index (χ0n) is 12.5. The number of benzene rings is 1. The first-order valence-corrected chi connectivity index (χ1v) is 7.41. The fourth-order valence-electron chi connectivity index (χ4n) is 2.55. The Morgan fingerprint density at radius 1 is 1.35 bits per heavy atom. The van der Waals surface area contributed by atoms with Crippen LogP contribution in [0.4, 0.5) is 5.69 Å². The van der Waals surface area contributed by atoms with Gasteiger partial charge in [0, 0.05) is 30.4 Å². The van der Waals surface area contributed by atoms with Gasteiger partial charge >= 0.3 is 0 Å². The summed E-state index contributed by atoms with van der Waals surface area (Å²) in [6.45, 7) is 7.66. The number of amides is 1. The van der Waals surface area contributed by atoms with Gasteiger partial charge in [0.25, 0.3) is 5.91 Å². The minimum atomic E-state index is 0.0190. The molecular weight excluding hydrogens is 252 g/mol. The summed E-state index contributed by atoms with van der Waals surface area (Å²) in [4.78, 5) is 12.2. The molecule has 1 aromatic rings. The number of nitrogens with one attached hydrogen (secondary N) is 2. The van der Waals surface area contributed by atoms with Gasteiger partial charge in [-0.3, -0.25) is 4.79 Å². The first-order chi connectivity index (χ1) is 9.63. The minimum Gasteiger partial charge on any atom is -0.385 e. The summed E-state index contributed by atoms with van der Waals surface area (Å²) in [5.41, 5.74) is 2.81. The van der Waals surface area contributed by atoms with Crippen LogP contribution in [0.25, 0.3) is 0 Å². The molecule has 0 heterocycles. The van der Waals surface area contributed by atoms with Crippen molar-refractivity contribution in [2.45, 2.75) is 45.8 Å². The summed E-state index contributed by atoms with van der Waals surface area (Å²) < 4.78 is 5.50. The molecule has 0 bridgehead atoms. The molecule has 2 N–H and O–H groups in total. The van der Waals surface area contributed by atoms with Crippen LogP contribution < -0.4 is 10.6 Å². The van der Waals surface area contributed by atoms with Crippen molar-refractivity contribution in [3.8, 4) is 0 Å². The Labute approximate surface area is 120 Å². The van der Waals surface area contributed by atoms with Crippen molar-refractivity contribution >= 4 is 11.6 Å². The summed E-state index contributed by atoms with van der Waals surface area (Å²) in [5, 5.41) is 6.32. The SMILES string of the molecule is CCNc1ccc(C(=O)NC2CC(OCC)C2)c(C)c1. The summed E-state index contributed by atoms with van der Waals surface area (Å²) in [6, 6.07) is 6.12. The number of hydrogen-bond acceptors (Lipinski definition) is 3. The smallest absolute Gasteiger partial charge is 0.251 e. The molecule has 2 rings (SSSR count). The van der Waals surface area contributed by atoms with Crippen LogP contribution in [0.1, 0.15) is 42.6 Å². The van der Waals surface area contributed by atoms with Gasteiger partial charge in [-0.15, -0.1) is 0 Å². The molecule has 1 aliphatic carbocycles. The quantitative estimate of drug-likeness (QED) is 0.840. The zero-order chi connectivity index (χ0) is 14.5. The number of ether oxygens (including phenoxy) is 1. The second-order valence-electron chi connectivity index (χ2n) is 5.28. The molecular formula is C16H24N2O2. The number of carbonyl (C=O) groups excluding carboxylic acids is 1. The van der Waals surface area contributed by atoms with Gasteiger partial charge in [0.05, 0.1) is 6.10 Å². The molecule has 1 saturated carbocycles. The first-order valence-electron chi connectivity index (χ1n) is 7.41. The molecule has 4 heteroatoms. The van der Waals surface area contributed by atoms with E-state index in [1.54, 1.807) is 0 Å². The predicted octanol–water partition coefficient (Wildman–Crippen LogP) is 2.72. The minimum absolute atomic E-state index is 0.0190. The highest BCUT2D eigenvalue weighted by Gasteiger charge is 2.31. The van der Waals surface area contributed by atoms with E-state index in [9.17, 15) is 4.79 Å². The van der Waals surface area contributed by atoms with Gasteiger partial charge in [-0.25, -0.2) is 0 Å². The zero-order valence-corrected chi connectivity index (χ0v) is 12.5. The molecule has 1 fully saturated rings. The van der Waals surface area contributed by atoms with Gasteiger partial charge < -0.3 is 15.4 Å². The third-order valence-electron chi connectivity index (χ3n) is 3.68. The monoisotopic (exact) mass is 276 g/mol. The molecule has 20 heavy (non-hydrogen) atoms. The molecule has 0 aliphatic heterocycles. The Hall–Kier alpha value is -1.55. The van der Waals surface area contributed by atoms with Crippen molar-refractivity contribution < 1.29 is 9.53 Å². The first kappa shape index (κ1) is 14.9. The van der Waals surface area contributed by atoms with Crippen molar-refractivity contribution in [2.75, 3.05) is 18.5 Å². The Bertz CT molecular complexity index is 468. The van der Waals surface area contributed by atoms with Crippen molar-refractivity contribution in [3.05, 3.63) is 29.3 Å². The fraction of sp³-hybridized carbons (Fsp3) is 0.562. The van der Waals surface area contributed by atoms with Crippen molar-refractivity contribution in [2.24, 2.45) is 0 Å². The Morgan fingerprint density at radius 3 is 2.70 bits per heavy atom. The average Bonchev–Trinajstić information content (AvgIpc) is 2.36. The highest BCUT2D eigenvalue weighted by atomic mass is 16.5. The predicted molar refractivity (Wildman–Crippen MR) is 81.2 cm³/mol. The fourth-order valence-corrected chi connectivity index (χ4v) is 2.55. The highest BCUT2D eigenvalue weighted by molar-refractivity contribution is 5.96. The topological polar surface area (TPSA) is 50.4 Å². The van der Waals surface area contributed by atoms with Crippen LogP contribution in [0.3, 0.4) is 0 Å². The molecule has 0 atom stereocenters. The number of carbonyl (C=O) groups is 1. The second-order valence-corrected chi connectivity index (χ2v) is 5.28. The third kappa shape index (κ3) is 3.51. The number of anilines is 1. The molecule has 0 spiro atoms. The van der Waals surface area contributed by atoms with Crippen molar-refractivity contribution in [1.82, 2.24) is 5.32 Å². The maximum Gasteiger partial charge on any atom is 0.251 e. The van der Waals surface area contributed by atoms with E-state index in [0.717, 1.165) is 42.8 Å². The van der Waals surface area contributed by atoms with Crippen LogP contribution in [-0.4, -0.2) is 31.2 Å². The molecule has 0 unspecified atom stereocenters. The van der Waals surface area contributed by atoms with Crippen LogP contribution in [0.2, 0.25) is 0 Å². The lowest BCUT2D eigenvalue weighted by Crippen LogP contribution is -2.47. The van der Waals surface area contributed by atoms with Gasteiger partial charge in [-0.1, -0.05) is 0 Å². The highest BCUT2D eigenvalue weighted by Crippen LogP contribution is 2.24. The largest absolute Gasteiger partial charge is 0.385 e. The number of hydrogen-bond donors (Lipinski definition) is 2. The summed E-state index contributed by atoms with van der Waals surface area (Å²) in [6.07, 6.45) is 2.17. The molecule has 4 nitrogen and oxygen atoms in total. The summed E-state index contributed by atoms with van der Waals surface area (Å²) >= 11 is 0. The standard InChI is InChI=1S/C16H24N2O2/c1-4-17-12-6-7-15(11(3)8-12)16(19)18-13-9-14(10-13)20-5-2/h6-8,13-14,17H,4-5,9-10H2,1-3H3,(H,18,19). The maximum absolute atomic E-state index is 12.2. The molecule has 110 valence electrons. The summed E-state index contributed by atoms with van der Waals surface area (Å²) in [7, 11) is 0. The van der Waals surface area contributed by atoms with Crippen LogP contribution in [0.5, 0.6) is 0 Å². The Balaban J connectivity index is 1.90. The van der Waals surface area contributed by atoms with E-state index < -0.39 is 0 Å². The van der Waals surface area contributed by atoms with Crippen LogP contribution in [0.15, 0.2) is 18.2 Å². The lowest BCUT2D eigenvalue weighted by molar-refractivity contribution is -0.00862. The van der Waals surface area contributed by atoms with Gasteiger partial charge in [0.1, 0.15) is 0 Å². The lowest BCUT2D eigenvalue weighted by Gasteiger charge is -2.35. The maximum atomic E-state index is 12.2. The third-order valence-corrected chi connectivity index (χ3v) is 3.68. The van der Waals surface area contributed by atoms with E-state index in [1.165, 1.54) is 0 Å². The molecule has 1 aliphatic rings. The van der Waals surface area contributed by atoms with Gasteiger partial charge in [-0.05, 0) is 57.4 Å². The van der Waals surface area contributed by atoms with E-state index in [2.05, 4.69) is 17.6 Å². The van der Waals surface area contributed by atoms with Crippen LogP contribution in [0, 0.1) is 6.92 Å². The molecule has 1 amide bonds. The molecule has 1 aromatic carbocycles. The average molecular weight is 276 g/mol. The second kappa shape index (κ2) is 6.75. The van der Waals surface area contributed by atoms with Crippen LogP contribution in [-0.2, 0) is 4.74 Å². The number of rotatable bonds is 6. The van der Waals surface area contributed by atoms with E-state index in [-0.39, 0.29) is 11.9 Å². The number of aryl methyl sites for hydroxylation is 1. The van der Waals surface area contributed by atoms with Crippen LogP contribution >= 0.6 is 0 Å². The van der Waals surface area contributed by atoms with E-state index >= 15 is 0 Å². The van der Waals surface area contributed by atoms with Gasteiger partial charge in [-0.2, -0.15) is 0 Å². The molecule has 0 aromatic heterocycles. The van der Waals surface area contributed by atoms with Crippen molar-refractivity contribution in [3.63, 3.8) is 0 Å². The van der Waals surface area contributed by atoms with E-state index in [0.29, 0.717) is 6.10 Å². The molecule has 0 radical (unpaired) electrons. The van der Waals surface area contributed by atoms with Crippen molar-refractivity contribution in [1.29, 1.82) is 0 Å². The normalized spacial score (nSPS) is 21.1. The van der Waals surface area contributed by atoms with Gasteiger partial charge in [0.2, 0.25) is 0 Å². The Kier molecular flexibility index (Phi) is 5.01. The van der Waals surface area contributed by atoms with Gasteiger partial charge in [0.15, 0.2) is 0 Å². The Morgan fingerprint density at radius 2 is 2.10 bits per heavy atom. The lowest BCUT2D eigenvalue weighted by atomic mass is 9.89. The van der Waals surface area contributed by atoms with E-state index in [1.807, 2.05) is 32.0 Å². The summed E-state index contributed by atoms with van der Waals surface area (Å²) in [5.74, 6) is 0.0190. The van der Waals surface area contributed by atoms with E-state index in [4.69, 9.17) is 4.74 Å².